The first-order valence-electron chi connectivity index (χ1n) is 5.13. The number of nitrogens with zero attached hydrogens (tertiary/aromatic N) is 1. The molecule has 0 spiro atoms. The van der Waals surface area contributed by atoms with Gasteiger partial charge in [0.1, 0.15) is 6.61 Å². The maximum atomic E-state index is 11.1. The van der Waals surface area contributed by atoms with Crippen LogP contribution in [0.5, 0.6) is 0 Å². The van der Waals surface area contributed by atoms with Crippen molar-refractivity contribution < 1.29 is 19.6 Å². The molecule has 6 heteroatoms. The average molecular weight is 239 g/mol. The van der Waals surface area contributed by atoms with Gasteiger partial charge in [0.05, 0.1) is 4.92 Å². The molecule has 0 radical (unpaired) electrons. The summed E-state index contributed by atoms with van der Waals surface area (Å²) < 4.78 is 4.91. The third kappa shape index (κ3) is 4.60. The van der Waals surface area contributed by atoms with E-state index in [1.165, 1.54) is 24.3 Å². The van der Waals surface area contributed by atoms with Gasteiger partial charge in [0, 0.05) is 25.2 Å². The number of ether oxygens (including phenoxy) is 1. The number of esters is 1. The molecular weight excluding hydrogens is 226 g/mol. The summed E-state index contributed by atoms with van der Waals surface area (Å²) in [4.78, 5) is 21.0. The number of aliphatic hydroxyl groups is 1. The van der Waals surface area contributed by atoms with Crippen LogP contribution in [-0.4, -0.2) is 22.6 Å². The summed E-state index contributed by atoms with van der Waals surface area (Å²) in [6.45, 7) is 0.0366. The summed E-state index contributed by atoms with van der Waals surface area (Å²) in [5.74, 6) is -0.391. The molecular formula is C11H13NO5. The Hall–Kier alpha value is -1.95. The second-order valence-electron chi connectivity index (χ2n) is 3.41. The van der Waals surface area contributed by atoms with Gasteiger partial charge in [-0.3, -0.25) is 14.9 Å². The molecule has 17 heavy (non-hydrogen) atoms. The van der Waals surface area contributed by atoms with E-state index < -0.39 is 10.9 Å². The highest BCUT2D eigenvalue weighted by atomic mass is 16.6. The van der Waals surface area contributed by atoms with Crippen molar-refractivity contribution in [3.8, 4) is 0 Å². The van der Waals surface area contributed by atoms with Gasteiger partial charge in [0.2, 0.25) is 0 Å². The van der Waals surface area contributed by atoms with Crippen LogP contribution >= 0.6 is 0 Å². The van der Waals surface area contributed by atoms with E-state index in [1.807, 2.05) is 0 Å². The zero-order chi connectivity index (χ0) is 12.7. The Bertz CT molecular complexity index is 387. The van der Waals surface area contributed by atoms with E-state index in [9.17, 15) is 14.9 Å². The molecule has 0 aliphatic carbocycles. The van der Waals surface area contributed by atoms with E-state index in [2.05, 4.69) is 0 Å². The fourth-order valence-corrected chi connectivity index (χ4v) is 1.17. The quantitative estimate of drug-likeness (QED) is 0.460. The lowest BCUT2D eigenvalue weighted by atomic mass is 10.2. The third-order valence-electron chi connectivity index (χ3n) is 2.09. The number of nitro groups is 1. The molecule has 0 saturated heterocycles. The van der Waals surface area contributed by atoms with Gasteiger partial charge in [-0.15, -0.1) is 0 Å². The van der Waals surface area contributed by atoms with Crippen LogP contribution in [0, 0.1) is 10.1 Å². The Kier molecular flexibility index (Phi) is 5.09. The van der Waals surface area contributed by atoms with Gasteiger partial charge in [-0.05, 0) is 24.1 Å². The van der Waals surface area contributed by atoms with Crippen molar-refractivity contribution in [2.24, 2.45) is 0 Å². The molecule has 0 saturated carbocycles. The number of rotatable bonds is 6. The predicted octanol–water partition coefficient (Wildman–Crippen LogP) is 1.41. The number of hydrogen-bond acceptors (Lipinski definition) is 5. The topological polar surface area (TPSA) is 89.7 Å². The highest BCUT2D eigenvalue weighted by molar-refractivity contribution is 5.69. The first-order chi connectivity index (χ1) is 8.13. The zero-order valence-electron chi connectivity index (χ0n) is 9.17. The molecule has 0 atom stereocenters. The van der Waals surface area contributed by atoms with E-state index in [0.717, 1.165) is 0 Å². The van der Waals surface area contributed by atoms with Gasteiger partial charge in [0.25, 0.3) is 5.69 Å². The molecule has 0 unspecified atom stereocenters. The Balaban J connectivity index is 2.42. The van der Waals surface area contributed by atoms with Crippen molar-refractivity contribution in [3.05, 3.63) is 39.9 Å². The Morgan fingerprint density at radius 2 is 2.00 bits per heavy atom. The highest BCUT2D eigenvalue weighted by Crippen LogP contribution is 2.12. The second-order valence-corrected chi connectivity index (χ2v) is 3.41. The van der Waals surface area contributed by atoms with Crippen LogP contribution in [0.1, 0.15) is 18.4 Å². The molecule has 0 bridgehead atoms. The van der Waals surface area contributed by atoms with Crippen LogP contribution in [0.2, 0.25) is 0 Å². The van der Waals surface area contributed by atoms with Crippen LogP contribution < -0.4 is 0 Å². The van der Waals surface area contributed by atoms with E-state index in [-0.39, 0.29) is 25.3 Å². The molecule has 1 rings (SSSR count). The van der Waals surface area contributed by atoms with Crippen LogP contribution in [0.3, 0.4) is 0 Å². The number of benzene rings is 1. The van der Waals surface area contributed by atoms with Gasteiger partial charge in [-0.1, -0.05) is 0 Å². The van der Waals surface area contributed by atoms with Crippen molar-refractivity contribution in [1.82, 2.24) is 0 Å². The normalized spacial score (nSPS) is 9.94. The van der Waals surface area contributed by atoms with Crippen molar-refractivity contribution in [1.29, 1.82) is 0 Å². The van der Waals surface area contributed by atoms with Crippen LogP contribution in [0.4, 0.5) is 5.69 Å². The van der Waals surface area contributed by atoms with E-state index in [0.29, 0.717) is 12.0 Å². The molecule has 0 aliphatic rings. The SMILES string of the molecule is O=C(CCCO)OCc1ccc([N+](=O)[O-])cc1. The molecule has 0 amide bonds. The molecule has 0 aliphatic heterocycles. The van der Waals surface area contributed by atoms with Crippen molar-refractivity contribution in [2.75, 3.05) is 6.61 Å². The lowest BCUT2D eigenvalue weighted by Gasteiger charge is -2.03. The van der Waals surface area contributed by atoms with Crippen LogP contribution in [-0.2, 0) is 16.1 Å². The Labute approximate surface area is 98.0 Å². The van der Waals surface area contributed by atoms with Gasteiger partial charge >= 0.3 is 5.97 Å². The minimum Gasteiger partial charge on any atom is -0.461 e. The van der Waals surface area contributed by atoms with E-state index in [1.54, 1.807) is 0 Å². The smallest absolute Gasteiger partial charge is 0.306 e. The largest absolute Gasteiger partial charge is 0.461 e. The minimum atomic E-state index is -0.489. The van der Waals surface area contributed by atoms with Crippen molar-refractivity contribution in [2.45, 2.75) is 19.4 Å². The van der Waals surface area contributed by atoms with Crippen molar-refractivity contribution in [3.63, 3.8) is 0 Å². The number of nitro benzene ring substituents is 1. The average Bonchev–Trinajstić information content (AvgIpc) is 2.34. The van der Waals surface area contributed by atoms with Gasteiger partial charge < -0.3 is 9.84 Å². The molecule has 0 aromatic heterocycles. The van der Waals surface area contributed by atoms with Gasteiger partial charge in [-0.25, -0.2) is 0 Å². The fourth-order valence-electron chi connectivity index (χ4n) is 1.17. The fraction of sp³-hybridized carbons (Fsp3) is 0.364. The number of aliphatic hydroxyl groups excluding tert-OH is 1. The summed E-state index contributed by atoms with van der Waals surface area (Å²) in [5, 5.41) is 18.9. The summed E-state index contributed by atoms with van der Waals surface area (Å²) >= 11 is 0. The summed E-state index contributed by atoms with van der Waals surface area (Å²) in [6, 6.07) is 5.79. The van der Waals surface area contributed by atoms with Crippen molar-refractivity contribution >= 4 is 11.7 Å². The number of non-ortho nitro benzene ring substituents is 1. The van der Waals surface area contributed by atoms with Crippen LogP contribution in [0.15, 0.2) is 24.3 Å². The maximum absolute atomic E-state index is 11.1. The number of hydrogen-bond donors (Lipinski definition) is 1. The minimum absolute atomic E-state index is 0.000331. The third-order valence-corrected chi connectivity index (χ3v) is 2.09. The summed E-state index contributed by atoms with van der Waals surface area (Å²) in [6.07, 6.45) is 0.544. The Morgan fingerprint density at radius 1 is 1.35 bits per heavy atom. The monoisotopic (exact) mass is 239 g/mol. The first kappa shape index (κ1) is 13.1. The summed E-state index contributed by atoms with van der Waals surface area (Å²) in [7, 11) is 0. The van der Waals surface area contributed by atoms with Gasteiger partial charge in [0.15, 0.2) is 0 Å². The zero-order valence-corrected chi connectivity index (χ0v) is 9.17. The standard InChI is InChI=1S/C11H13NO5/c13-7-1-2-11(14)17-8-9-3-5-10(6-4-9)12(15)16/h3-6,13H,1-2,7-8H2. The molecule has 1 N–H and O–H groups in total. The molecule has 1 aromatic carbocycles. The predicted molar refractivity (Wildman–Crippen MR) is 59.2 cm³/mol. The highest BCUT2D eigenvalue weighted by Gasteiger charge is 2.06. The molecule has 1 aromatic rings. The first-order valence-corrected chi connectivity index (χ1v) is 5.13. The number of carbonyl (C=O) groups excluding carboxylic acids is 1. The summed E-state index contributed by atoms with van der Waals surface area (Å²) in [5.41, 5.74) is 0.688. The van der Waals surface area contributed by atoms with E-state index in [4.69, 9.17) is 9.84 Å². The van der Waals surface area contributed by atoms with Crippen LogP contribution in [0.25, 0.3) is 0 Å². The molecule has 92 valence electrons. The van der Waals surface area contributed by atoms with E-state index >= 15 is 0 Å². The lowest BCUT2D eigenvalue weighted by molar-refractivity contribution is -0.384. The maximum Gasteiger partial charge on any atom is 0.306 e. The Morgan fingerprint density at radius 3 is 2.53 bits per heavy atom. The lowest BCUT2D eigenvalue weighted by Crippen LogP contribution is -2.05. The molecule has 0 heterocycles. The molecule has 6 nitrogen and oxygen atoms in total. The second kappa shape index (κ2) is 6.59. The number of carbonyl (C=O) groups is 1. The van der Waals surface area contributed by atoms with Gasteiger partial charge in [-0.2, -0.15) is 0 Å². The molecule has 0 fully saturated rings.